The van der Waals surface area contributed by atoms with Crippen molar-refractivity contribution in [2.75, 3.05) is 11.9 Å². The Morgan fingerprint density at radius 1 is 1.56 bits per heavy atom. The molecule has 2 atom stereocenters. The molecule has 0 spiro atoms. The summed E-state index contributed by atoms with van der Waals surface area (Å²) in [6, 6.07) is 2.00. The summed E-state index contributed by atoms with van der Waals surface area (Å²) in [5.41, 5.74) is 1.20. The topological polar surface area (TPSA) is 24.9 Å². The van der Waals surface area contributed by atoms with E-state index < -0.39 is 0 Å². The van der Waals surface area contributed by atoms with Crippen LogP contribution in [0.1, 0.15) is 24.8 Å². The number of hydrogen-bond acceptors (Lipinski definition) is 2. The first-order valence-corrected chi connectivity index (χ1v) is 6.90. The van der Waals surface area contributed by atoms with Crippen LogP contribution in [-0.4, -0.2) is 16.9 Å². The predicted octanol–water partition coefficient (Wildman–Crippen LogP) is 3.97. The molecule has 0 amide bonds. The van der Waals surface area contributed by atoms with Crippen LogP contribution in [0.3, 0.4) is 0 Å². The summed E-state index contributed by atoms with van der Waals surface area (Å²) >= 11 is 9.79. The lowest BCUT2D eigenvalue weighted by Gasteiger charge is -2.16. The maximum Gasteiger partial charge on any atom is 0.140 e. The molecule has 0 bridgehead atoms. The highest BCUT2D eigenvalue weighted by Crippen LogP contribution is 2.31. The Kier molecular flexibility index (Phi) is 4.09. The molecule has 0 aromatic carbocycles. The predicted molar refractivity (Wildman–Crippen MR) is 72.1 cm³/mol. The van der Waals surface area contributed by atoms with E-state index in [0.29, 0.717) is 11.3 Å². The lowest BCUT2D eigenvalue weighted by atomic mass is 10.1. The van der Waals surface area contributed by atoms with Gasteiger partial charge in [-0.15, -0.1) is 11.6 Å². The van der Waals surface area contributed by atoms with Gasteiger partial charge in [-0.2, -0.15) is 0 Å². The molecule has 1 aromatic heterocycles. The van der Waals surface area contributed by atoms with Crippen LogP contribution in [0.25, 0.3) is 0 Å². The van der Waals surface area contributed by atoms with Gasteiger partial charge in [0.25, 0.3) is 0 Å². The van der Waals surface area contributed by atoms with Gasteiger partial charge in [-0.25, -0.2) is 4.98 Å². The maximum atomic E-state index is 6.24. The van der Waals surface area contributed by atoms with Gasteiger partial charge in [0.2, 0.25) is 0 Å². The van der Waals surface area contributed by atoms with E-state index in [4.69, 9.17) is 11.6 Å². The van der Waals surface area contributed by atoms with Crippen LogP contribution in [-0.2, 0) is 0 Å². The zero-order valence-corrected chi connectivity index (χ0v) is 11.7. The summed E-state index contributed by atoms with van der Waals surface area (Å²) in [6.45, 7) is 2.99. The van der Waals surface area contributed by atoms with E-state index in [0.717, 1.165) is 23.3 Å². The van der Waals surface area contributed by atoms with E-state index in [2.05, 4.69) is 33.2 Å². The van der Waals surface area contributed by atoms with Crippen LogP contribution in [0.5, 0.6) is 0 Å². The van der Waals surface area contributed by atoms with E-state index in [1.54, 1.807) is 0 Å². The van der Waals surface area contributed by atoms with Crippen LogP contribution in [0.15, 0.2) is 16.7 Å². The Morgan fingerprint density at radius 2 is 2.38 bits per heavy atom. The molecule has 88 valence electrons. The van der Waals surface area contributed by atoms with Gasteiger partial charge in [-0.1, -0.05) is 6.42 Å². The monoisotopic (exact) mass is 302 g/mol. The maximum absolute atomic E-state index is 6.24. The van der Waals surface area contributed by atoms with Crippen molar-refractivity contribution in [3.63, 3.8) is 0 Å². The molecule has 2 nitrogen and oxygen atoms in total. The third-order valence-electron chi connectivity index (χ3n) is 3.18. The summed E-state index contributed by atoms with van der Waals surface area (Å²) in [4.78, 5) is 4.32. The molecule has 1 aliphatic carbocycles. The second kappa shape index (κ2) is 5.37. The number of aryl methyl sites for hydroxylation is 1. The second-order valence-electron chi connectivity index (χ2n) is 4.38. The molecule has 1 N–H and O–H groups in total. The Bertz CT molecular complexity index is 370. The fourth-order valence-electron chi connectivity index (χ4n) is 2.11. The number of alkyl halides is 1. The van der Waals surface area contributed by atoms with Gasteiger partial charge >= 0.3 is 0 Å². The molecule has 4 heteroatoms. The van der Waals surface area contributed by atoms with Crippen molar-refractivity contribution in [3.05, 3.63) is 22.3 Å². The smallest absolute Gasteiger partial charge is 0.140 e. The molecule has 1 saturated carbocycles. The SMILES string of the molecule is Cc1ccnc(NCC2CCCC2Cl)c1Br. The van der Waals surface area contributed by atoms with Crippen molar-refractivity contribution in [1.82, 2.24) is 4.98 Å². The number of hydrogen-bond donors (Lipinski definition) is 1. The van der Waals surface area contributed by atoms with Crippen molar-refractivity contribution < 1.29 is 0 Å². The normalized spacial score (nSPS) is 24.7. The number of aromatic nitrogens is 1. The summed E-state index contributed by atoms with van der Waals surface area (Å²) in [5, 5.41) is 3.71. The first-order valence-electron chi connectivity index (χ1n) is 5.67. The number of nitrogens with one attached hydrogen (secondary N) is 1. The third-order valence-corrected chi connectivity index (χ3v) is 4.76. The van der Waals surface area contributed by atoms with Crippen molar-refractivity contribution >= 4 is 33.3 Å². The lowest BCUT2D eigenvalue weighted by molar-refractivity contribution is 0.585. The molecular weight excluding hydrogens is 288 g/mol. The van der Waals surface area contributed by atoms with E-state index in [1.165, 1.54) is 18.4 Å². The summed E-state index contributed by atoms with van der Waals surface area (Å²) < 4.78 is 1.05. The van der Waals surface area contributed by atoms with Crippen LogP contribution in [0, 0.1) is 12.8 Å². The first kappa shape index (κ1) is 12.2. The molecule has 0 radical (unpaired) electrons. The average molecular weight is 304 g/mol. The van der Waals surface area contributed by atoms with Gasteiger partial charge in [-0.3, -0.25) is 0 Å². The molecule has 1 aromatic rings. The van der Waals surface area contributed by atoms with Crippen molar-refractivity contribution in [3.8, 4) is 0 Å². The summed E-state index contributed by atoms with van der Waals surface area (Å²) in [7, 11) is 0. The molecule has 1 heterocycles. The lowest BCUT2D eigenvalue weighted by Crippen LogP contribution is -2.19. The number of pyridine rings is 1. The number of nitrogens with zero attached hydrogens (tertiary/aromatic N) is 1. The zero-order valence-electron chi connectivity index (χ0n) is 9.34. The van der Waals surface area contributed by atoms with Gasteiger partial charge in [0.15, 0.2) is 0 Å². The van der Waals surface area contributed by atoms with Crippen LogP contribution >= 0.6 is 27.5 Å². The highest BCUT2D eigenvalue weighted by atomic mass is 79.9. The molecule has 0 saturated heterocycles. The molecule has 1 fully saturated rings. The quantitative estimate of drug-likeness (QED) is 0.855. The van der Waals surface area contributed by atoms with E-state index in [9.17, 15) is 0 Å². The standard InChI is InChI=1S/C12H16BrClN2/c1-8-5-6-15-12(11(8)13)16-7-9-3-2-4-10(9)14/h5-6,9-10H,2-4,7H2,1H3,(H,15,16). The summed E-state index contributed by atoms with van der Waals surface area (Å²) in [6.07, 6.45) is 5.46. The van der Waals surface area contributed by atoms with E-state index in [-0.39, 0.29) is 0 Å². The largest absolute Gasteiger partial charge is 0.369 e. The fourth-order valence-corrected chi connectivity index (χ4v) is 2.86. The Morgan fingerprint density at radius 3 is 3.06 bits per heavy atom. The number of anilines is 1. The molecule has 2 unspecified atom stereocenters. The third kappa shape index (κ3) is 2.69. The summed E-state index contributed by atoms with van der Waals surface area (Å²) in [5.74, 6) is 1.51. The Balaban J connectivity index is 1.96. The van der Waals surface area contributed by atoms with Gasteiger partial charge in [0.05, 0.1) is 4.47 Å². The van der Waals surface area contributed by atoms with E-state index in [1.807, 2.05) is 12.3 Å². The molecule has 1 aliphatic rings. The minimum Gasteiger partial charge on any atom is -0.369 e. The average Bonchev–Trinajstić information content (AvgIpc) is 2.67. The van der Waals surface area contributed by atoms with Gasteiger partial charge in [-0.05, 0) is 53.2 Å². The van der Waals surface area contributed by atoms with Gasteiger partial charge < -0.3 is 5.32 Å². The Labute approximate surface area is 110 Å². The van der Waals surface area contributed by atoms with E-state index >= 15 is 0 Å². The van der Waals surface area contributed by atoms with Crippen LogP contribution in [0.4, 0.5) is 5.82 Å². The van der Waals surface area contributed by atoms with Gasteiger partial charge in [0.1, 0.15) is 5.82 Å². The van der Waals surface area contributed by atoms with Crippen molar-refractivity contribution in [1.29, 1.82) is 0 Å². The molecular formula is C12H16BrClN2. The first-order chi connectivity index (χ1) is 7.68. The minimum atomic E-state index is 0.330. The van der Waals surface area contributed by atoms with Crippen molar-refractivity contribution in [2.24, 2.45) is 5.92 Å². The highest BCUT2D eigenvalue weighted by molar-refractivity contribution is 9.10. The highest BCUT2D eigenvalue weighted by Gasteiger charge is 2.25. The fraction of sp³-hybridized carbons (Fsp3) is 0.583. The number of halogens is 2. The number of rotatable bonds is 3. The van der Waals surface area contributed by atoms with Gasteiger partial charge in [0, 0.05) is 18.1 Å². The molecule has 16 heavy (non-hydrogen) atoms. The Hall–Kier alpha value is -0.280. The molecule has 0 aliphatic heterocycles. The second-order valence-corrected chi connectivity index (χ2v) is 5.73. The van der Waals surface area contributed by atoms with Crippen molar-refractivity contribution in [2.45, 2.75) is 31.6 Å². The molecule has 2 rings (SSSR count). The van der Waals surface area contributed by atoms with Crippen LogP contribution in [0.2, 0.25) is 0 Å². The minimum absolute atomic E-state index is 0.330. The van der Waals surface area contributed by atoms with Crippen LogP contribution < -0.4 is 5.32 Å². The zero-order chi connectivity index (χ0) is 11.5.